The van der Waals surface area contributed by atoms with Crippen LogP contribution in [0.25, 0.3) is 0 Å². The fourth-order valence-electron chi connectivity index (χ4n) is 1.66. The first-order chi connectivity index (χ1) is 9.99. The minimum atomic E-state index is -0.553. The standard InChI is InChI=1S/C14H9Br2NO4/c15-9-5-6-14(12(7-9)17(19)20)21-8-13(18)10-3-1-2-4-11(10)16/h1-7H,8H2. The minimum absolute atomic E-state index is 0.0589. The van der Waals surface area contributed by atoms with Crippen molar-refractivity contribution in [2.75, 3.05) is 6.61 Å². The van der Waals surface area contributed by atoms with Gasteiger partial charge in [-0.15, -0.1) is 0 Å². The van der Waals surface area contributed by atoms with Gasteiger partial charge in [0.25, 0.3) is 0 Å². The van der Waals surface area contributed by atoms with E-state index in [1.54, 1.807) is 30.3 Å². The van der Waals surface area contributed by atoms with Gasteiger partial charge in [0.15, 0.2) is 12.4 Å². The molecular weight excluding hydrogens is 406 g/mol. The number of nitro groups is 1. The highest BCUT2D eigenvalue weighted by Gasteiger charge is 2.17. The Bertz CT molecular complexity index is 703. The van der Waals surface area contributed by atoms with Crippen LogP contribution >= 0.6 is 31.9 Å². The summed E-state index contributed by atoms with van der Waals surface area (Å²) < 4.78 is 6.52. The molecule has 0 saturated carbocycles. The largest absolute Gasteiger partial charge is 0.478 e. The number of halogens is 2. The van der Waals surface area contributed by atoms with Gasteiger partial charge in [0, 0.05) is 20.6 Å². The van der Waals surface area contributed by atoms with Crippen LogP contribution in [0.5, 0.6) is 5.75 Å². The molecule has 0 aliphatic heterocycles. The molecule has 2 rings (SSSR count). The van der Waals surface area contributed by atoms with Crippen molar-refractivity contribution in [3.05, 3.63) is 67.1 Å². The summed E-state index contributed by atoms with van der Waals surface area (Å²) in [6, 6.07) is 11.3. The summed E-state index contributed by atoms with van der Waals surface area (Å²) in [6.07, 6.45) is 0. The molecule has 0 aromatic heterocycles. The Morgan fingerprint density at radius 3 is 2.57 bits per heavy atom. The van der Waals surface area contributed by atoms with Gasteiger partial charge in [-0.2, -0.15) is 0 Å². The number of benzene rings is 2. The normalized spacial score (nSPS) is 10.2. The molecule has 0 spiro atoms. The summed E-state index contributed by atoms with van der Waals surface area (Å²) in [5.41, 5.74) is 0.279. The Morgan fingerprint density at radius 2 is 1.90 bits per heavy atom. The van der Waals surface area contributed by atoms with E-state index < -0.39 is 4.92 Å². The molecular formula is C14H9Br2NO4. The van der Waals surface area contributed by atoms with Crippen LogP contribution in [0.1, 0.15) is 10.4 Å². The number of ether oxygens (including phenoxy) is 1. The zero-order valence-corrected chi connectivity index (χ0v) is 13.8. The van der Waals surface area contributed by atoms with Gasteiger partial charge in [0.2, 0.25) is 5.78 Å². The maximum absolute atomic E-state index is 12.1. The van der Waals surface area contributed by atoms with Crippen LogP contribution in [-0.4, -0.2) is 17.3 Å². The number of Topliss-reactive ketones (excluding diaryl/α,β-unsaturated/α-hetero) is 1. The predicted octanol–water partition coefficient (Wildman–Crippen LogP) is 4.38. The smallest absolute Gasteiger partial charge is 0.312 e. The molecule has 0 amide bonds. The topological polar surface area (TPSA) is 69.4 Å². The third-order valence-electron chi connectivity index (χ3n) is 2.65. The van der Waals surface area contributed by atoms with Crippen LogP contribution in [0.15, 0.2) is 51.4 Å². The Kier molecular flexibility index (Phi) is 5.08. The van der Waals surface area contributed by atoms with E-state index in [4.69, 9.17) is 4.74 Å². The second kappa shape index (κ2) is 6.82. The Morgan fingerprint density at radius 1 is 1.19 bits per heavy atom. The summed E-state index contributed by atoms with van der Waals surface area (Å²) in [7, 11) is 0. The van der Waals surface area contributed by atoms with Gasteiger partial charge in [-0.25, -0.2) is 0 Å². The highest BCUT2D eigenvalue weighted by Crippen LogP contribution is 2.30. The van der Waals surface area contributed by atoms with Crippen LogP contribution < -0.4 is 4.74 Å². The molecule has 0 heterocycles. The molecule has 0 aliphatic carbocycles. The Labute approximate surface area is 137 Å². The lowest BCUT2D eigenvalue weighted by atomic mass is 10.1. The molecule has 2 aromatic carbocycles. The van der Waals surface area contributed by atoms with Gasteiger partial charge in [0.05, 0.1) is 4.92 Å². The summed E-state index contributed by atoms with van der Waals surface area (Å²) in [5, 5.41) is 11.0. The van der Waals surface area contributed by atoms with E-state index >= 15 is 0 Å². The Balaban J connectivity index is 2.15. The van der Waals surface area contributed by atoms with Crippen LogP contribution in [0.2, 0.25) is 0 Å². The summed E-state index contributed by atoms with van der Waals surface area (Å²) in [5.74, 6) is -0.205. The number of nitrogens with zero attached hydrogens (tertiary/aromatic N) is 1. The minimum Gasteiger partial charge on any atom is -0.478 e. The van der Waals surface area contributed by atoms with Crippen molar-refractivity contribution < 1.29 is 14.5 Å². The summed E-state index contributed by atoms with van der Waals surface area (Å²) in [6.45, 7) is -0.273. The van der Waals surface area contributed by atoms with Crippen molar-refractivity contribution in [2.24, 2.45) is 0 Å². The van der Waals surface area contributed by atoms with Gasteiger partial charge in [-0.05, 0) is 18.2 Å². The number of ketones is 1. The molecule has 0 unspecified atom stereocenters. The zero-order chi connectivity index (χ0) is 15.4. The number of hydrogen-bond acceptors (Lipinski definition) is 4. The molecule has 0 aliphatic rings. The molecule has 7 heteroatoms. The maximum Gasteiger partial charge on any atom is 0.312 e. The SMILES string of the molecule is O=C(COc1ccc(Br)cc1[N+](=O)[O-])c1ccccc1Br. The molecule has 0 bridgehead atoms. The highest BCUT2D eigenvalue weighted by atomic mass is 79.9. The van der Waals surface area contributed by atoms with Gasteiger partial charge in [0.1, 0.15) is 0 Å². The van der Waals surface area contributed by atoms with E-state index in [0.29, 0.717) is 14.5 Å². The lowest BCUT2D eigenvalue weighted by molar-refractivity contribution is -0.385. The van der Waals surface area contributed by atoms with Crippen LogP contribution in [0.4, 0.5) is 5.69 Å². The number of carbonyl (C=O) groups is 1. The van der Waals surface area contributed by atoms with E-state index in [1.165, 1.54) is 12.1 Å². The quantitative estimate of drug-likeness (QED) is 0.413. The van der Waals surface area contributed by atoms with Crippen molar-refractivity contribution in [1.29, 1.82) is 0 Å². The van der Waals surface area contributed by atoms with E-state index in [-0.39, 0.29) is 23.8 Å². The van der Waals surface area contributed by atoms with Crippen LogP contribution in [0.3, 0.4) is 0 Å². The van der Waals surface area contributed by atoms with Gasteiger partial charge < -0.3 is 4.74 Å². The third kappa shape index (κ3) is 3.89. The van der Waals surface area contributed by atoms with Gasteiger partial charge in [-0.3, -0.25) is 14.9 Å². The van der Waals surface area contributed by atoms with E-state index in [9.17, 15) is 14.9 Å². The molecule has 0 atom stereocenters. The number of nitro benzene ring substituents is 1. The molecule has 2 aromatic rings. The van der Waals surface area contributed by atoms with Gasteiger partial charge in [-0.1, -0.05) is 50.1 Å². The lowest BCUT2D eigenvalue weighted by Gasteiger charge is -2.07. The summed E-state index contributed by atoms with van der Waals surface area (Å²) in [4.78, 5) is 22.5. The predicted molar refractivity (Wildman–Crippen MR) is 84.8 cm³/mol. The number of carbonyl (C=O) groups excluding carboxylic acids is 1. The van der Waals surface area contributed by atoms with E-state index in [2.05, 4.69) is 31.9 Å². The monoisotopic (exact) mass is 413 g/mol. The van der Waals surface area contributed by atoms with Crippen molar-refractivity contribution in [1.82, 2.24) is 0 Å². The molecule has 0 radical (unpaired) electrons. The number of rotatable bonds is 5. The second-order valence-corrected chi connectivity index (χ2v) is 5.83. The molecule has 0 N–H and O–H groups in total. The van der Waals surface area contributed by atoms with Crippen molar-refractivity contribution >= 4 is 43.3 Å². The zero-order valence-electron chi connectivity index (χ0n) is 10.6. The molecule has 5 nitrogen and oxygen atoms in total. The fraction of sp³-hybridized carbons (Fsp3) is 0.0714. The average Bonchev–Trinajstić information content (AvgIpc) is 2.46. The second-order valence-electron chi connectivity index (χ2n) is 4.06. The third-order valence-corrected chi connectivity index (χ3v) is 3.84. The molecule has 0 fully saturated rings. The van der Waals surface area contributed by atoms with E-state index in [1.807, 2.05) is 0 Å². The average molecular weight is 415 g/mol. The first-order valence-corrected chi connectivity index (χ1v) is 7.42. The number of hydrogen-bond donors (Lipinski definition) is 0. The molecule has 21 heavy (non-hydrogen) atoms. The lowest BCUT2D eigenvalue weighted by Crippen LogP contribution is -2.12. The van der Waals surface area contributed by atoms with E-state index in [0.717, 1.165) is 0 Å². The van der Waals surface area contributed by atoms with Crippen molar-refractivity contribution in [2.45, 2.75) is 0 Å². The van der Waals surface area contributed by atoms with Crippen molar-refractivity contribution in [3.63, 3.8) is 0 Å². The highest BCUT2D eigenvalue weighted by molar-refractivity contribution is 9.10. The van der Waals surface area contributed by atoms with Crippen LogP contribution in [0, 0.1) is 10.1 Å². The first kappa shape index (κ1) is 15.7. The van der Waals surface area contributed by atoms with Gasteiger partial charge >= 0.3 is 5.69 Å². The summed E-state index contributed by atoms with van der Waals surface area (Å²) >= 11 is 6.44. The van der Waals surface area contributed by atoms with Crippen molar-refractivity contribution in [3.8, 4) is 5.75 Å². The molecule has 0 saturated heterocycles. The fourth-order valence-corrected chi connectivity index (χ4v) is 2.52. The first-order valence-electron chi connectivity index (χ1n) is 5.83. The maximum atomic E-state index is 12.1. The molecule has 108 valence electrons. The van der Waals surface area contributed by atoms with Crippen LogP contribution in [-0.2, 0) is 0 Å². The Hall–Kier alpha value is -1.73.